The largest absolute Gasteiger partial charge is 0.314 e. The van der Waals surface area contributed by atoms with Gasteiger partial charge in [0.1, 0.15) is 0 Å². The molecule has 1 aromatic heterocycles. The lowest BCUT2D eigenvalue weighted by Gasteiger charge is -2.34. The highest BCUT2D eigenvalue weighted by Crippen LogP contribution is 2.25. The molecule has 2 heterocycles. The van der Waals surface area contributed by atoms with Crippen LogP contribution in [-0.2, 0) is 0 Å². The zero-order valence-corrected chi connectivity index (χ0v) is 14.2. The van der Waals surface area contributed by atoms with Gasteiger partial charge in [-0.25, -0.2) is 0 Å². The van der Waals surface area contributed by atoms with Crippen molar-refractivity contribution >= 4 is 35.7 Å². The van der Waals surface area contributed by atoms with Crippen LogP contribution in [-0.4, -0.2) is 36.1 Å². The van der Waals surface area contributed by atoms with Crippen molar-refractivity contribution in [3.8, 4) is 0 Å². The van der Waals surface area contributed by atoms with Crippen molar-refractivity contribution in [3.63, 3.8) is 0 Å². The van der Waals surface area contributed by atoms with Gasteiger partial charge >= 0.3 is 0 Å². The number of piperazine rings is 1. The smallest absolute Gasteiger partial charge is 0.0706 e. The molecule has 0 spiro atoms. The molecule has 1 N–H and O–H groups in total. The summed E-state index contributed by atoms with van der Waals surface area (Å²) in [5.74, 6) is 0. The van der Waals surface area contributed by atoms with E-state index in [4.69, 9.17) is 4.98 Å². The Kier molecular flexibility index (Phi) is 7.83. The highest BCUT2D eigenvalue weighted by molar-refractivity contribution is 5.85. The minimum absolute atomic E-state index is 0. The third-order valence-corrected chi connectivity index (χ3v) is 3.94. The summed E-state index contributed by atoms with van der Waals surface area (Å²) >= 11 is 0. The molecular weight excluding hydrogens is 317 g/mol. The fourth-order valence-electron chi connectivity index (χ4n) is 2.88. The maximum Gasteiger partial charge on any atom is 0.0706 e. The molecule has 1 aliphatic heterocycles. The van der Waals surface area contributed by atoms with Gasteiger partial charge in [0.25, 0.3) is 0 Å². The molecule has 120 valence electrons. The molecule has 0 bridgehead atoms. The van der Waals surface area contributed by atoms with Crippen molar-refractivity contribution in [1.29, 1.82) is 0 Å². The van der Waals surface area contributed by atoms with E-state index in [-0.39, 0.29) is 24.8 Å². The van der Waals surface area contributed by atoms with Crippen LogP contribution in [0.2, 0.25) is 0 Å². The number of para-hydroxylation sites is 1. The molecule has 1 atom stereocenters. The summed E-state index contributed by atoms with van der Waals surface area (Å²) in [6.07, 6.45) is 2.95. The van der Waals surface area contributed by atoms with E-state index in [1.165, 1.54) is 5.39 Å². The Morgan fingerprint density at radius 1 is 1.14 bits per heavy atom. The fourth-order valence-corrected chi connectivity index (χ4v) is 2.88. The van der Waals surface area contributed by atoms with Crippen LogP contribution in [0, 0.1) is 0 Å². The molecule has 3 rings (SSSR count). The number of hydrogen-bond acceptors (Lipinski definition) is 3. The Balaban J connectivity index is 0.00000121. The third kappa shape index (κ3) is 4.20. The van der Waals surface area contributed by atoms with Crippen LogP contribution in [0.4, 0.5) is 0 Å². The Labute approximate surface area is 144 Å². The van der Waals surface area contributed by atoms with Crippen molar-refractivity contribution < 1.29 is 0 Å². The fraction of sp³-hybridized carbons (Fsp3) is 0.353. The number of aromatic nitrogens is 1. The minimum Gasteiger partial charge on any atom is -0.314 e. The van der Waals surface area contributed by atoms with Gasteiger partial charge in [0.2, 0.25) is 0 Å². The van der Waals surface area contributed by atoms with Crippen LogP contribution in [0.5, 0.6) is 0 Å². The van der Waals surface area contributed by atoms with E-state index >= 15 is 0 Å². The number of benzene rings is 1. The molecule has 5 heteroatoms. The first-order valence-electron chi connectivity index (χ1n) is 7.30. The van der Waals surface area contributed by atoms with Crippen LogP contribution in [0.3, 0.4) is 0 Å². The molecule has 0 radical (unpaired) electrons. The molecule has 0 unspecified atom stereocenters. The number of rotatable bonds is 4. The van der Waals surface area contributed by atoms with Gasteiger partial charge in [0.05, 0.1) is 17.3 Å². The summed E-state index contributed by atoms with van der Waals surface area (Å²) in [5, 5.41) is 4.61. The predicted molar refractivity (Wildman–Crippen MR) is 98.2 cm³/mol. The molecule has 0 amide bonds. The van der Waals surface area contributed by atoms with Gasteiger partial charge in [-0.05, 0) is 18.6 Å². The minimum atomic E-state index is 0. The SMILES string of the molecule is C=CC[C@@H](c1ccc2ccccc2n1)N1CCNCC1.Cl.Cl. The Morgan fingerprint density at radius 3 is 2.59 bits per heavy atom. The second-order valence-corrected chi connectivity index (χ2v) is 5.25. The van der Waals surface area contributed by atoms with Gasteiger partial charge in [0.15, 0.2) is 0 Å². The normalized spacial score (nSPS) is 16.4. The molecule has 2 aromatic rings. The van der Waals surface area contributed by atoms with E-state index in [9.17, 15) is 0 Å². The predicted octanol–water partition coefficient (Wildman–Crippen LogP) is 3.60. The summed E-state index contributed by atoms with van der Waals surface area (Å²) in [4.78, 5) is 7.37. The van der Waals surface area contributed by atoms with Gasteiger partial charge in [-0.1, -0.05) is 30.3 Å². The van der Waals surface area contributed by atoms with Crippen molar-refractivity contribution in [2.24, 2.45) is 0 Å². The number of nitrogens with zero attached hydrogens (tertiary/aromatic N) is 2. The molecule has 0 saturated carbocycles. The lowest BCUT2D eigenvalue weighted by molar-refractivity contribution is 0.171. The first-order chi connectivity index (χ1) is 9.88. The highest BCUT2D eigenvalue weighted by Gasteiger charge is 2.22. The molecule has 0 aliphatic carbocycles. The number of nitrogens with one attached hydrogen (secondary N) is 1. The van der Waals surface area contributed by atoms with Gasteiger partial charge in [-0.2, -0.15) is 0 Å². The number of fused-ring (bicyclic) bond motifs is 1. The van der Waals surface area contributed by atoms with Crippen LogP contribution < -0.4 is 5.32 Å². The number of halogens is 2. The second-order valence-electron chi connectivity index (χ2n) is 5.25. The quantitative estimate of drug-likeness (QED) is 0.862. The summed E-state index contributed by atoms with van der Waals surface area (Å²) < 4.78 is 0. The number of hydrogen-bond donors (Lipinski definition) is 1. The zero-order chi connectivity index (χ0) is 13.8. The van der Waals surface area contributed by atoms with Crippen molar-refractivity contribution in [3.05, 3.63) is 54.7 Å². The lowest BCUT2D eigenvalue weighted by Crippen LogP contribution is -2.45. The third-order valence-electron chi connectivity index (χ3n) is 3.94. The second kappa shape index (κ2) is 9.11. The van der Waals surface area contributed by atoms with E-state index in [1.54, 1.807) is 0 Å². The maximum atomic E-state index is 4.86. The Bertz CT molecular complexity index is 597. The lowest BCUT2D eigenvalue weighted by atomic mass is 10.1. The van der Waals surface area contributed by atoms with Crippen molar-refractivity contribution in [2.45, 2.75) is 12.5 Å². The van der Waals surface area contributed by atoms with Crippen molar-refractivity contribution in [1.82, 2.24) is 15.2 Å². The maximum absolute atomic E-state index is 4.86. The van der Waals surface area contributed by atoms with Crippen LogP contribution in [0.15, 0.2) is 49.1 Å². The summed E-state index contributed by atoms with van der Waals surface area (Å²) in [6, 6.07) is 13.0. The zero-order valence-electron chi connectivity index (χ0n) is 12.6. The summed E-state index contributed by atoms with van der Waals surface area (Å²) in [7, 11) is 0. The monoisotopic (exact) mass is 339 g/mol. The first-order valence-corrected chi connectivity index (χ1v) is 7.30. The van der Waals surface area contributed by atoms with Crippen LogP contribution >= 0.6 is 24.8 Å². The molecule has 1 aromatic carbocycles. The number of pyridine rings is 1. The summed E-state index contributed by atoms with van der Waals surface area (Å²) in [5.41, 5.74) is 2.24. The molecular formula is C17H23Cl2N3. The molecule has 22 heavy (non-hydrogen) atoms. The van der Waals surface area contributed by atoms with Gasteiger partial charge in [-0.15, -0.1) is 31.4 Å². The van der Waals surface area contributed by atoms with Gasteiger partial charge < -0.3 is 5.32 Å². The highest BCUT2D eigenvalue weighted by atomic mass is 35.5. The van der Waals surface area contributed by atoms with E-state index in [2.05, 4.69) is 47.1 Å². The van der Waals surface area contributed by atoms with Crippen molar-refractivity contribution in [2.75, 3.05) is 26.2 Å². The average Bonchev–Trinajstić information content (AvgIpc) is 2.53. The average molecular weight is 340 g/mol. The molecule has 1 aliphatic rings. The van der Waals surface area contributed by atoms with Gasteiger partial charge in [-0.3, -0.25) is 9.88 Å². The Morgan fingerprint density at radius 2 is 1.86 bits per heavy atom. The molecule has 1 fully saturated rings. The van der Waals surface area contributed by atoms with E-state index in [0.717, 1.165) is 43.8 Å². The Hall–Kier alpha value is -1.13. The molecule has 3 nitrogen and oxygen atoms in total. The van der Waals surface area contributed by atoms with Crippen LogP contribution in [0.1, 0.15) is 18.2 Å². The van der Waals surface area contributed by atoms with E-state index in [0.29, 0.717) is 6.04 Å². The van der Waals surface area contributed by atoms with Gasteiger partial charge in [0, 0.05) is 31.6 Å². The van der Waals surface area contributed by atoms with E-state index in [1.807, 2.05) is 12.1 Å². The van der Waals surface area contributed by atoms with E-state index < -0.39 is 0 Å². The summed E-state index contributed by atoms with van der Waals surface area (Å²) in [6.45, 7) is 8.18. The standard InChI is InChI=1S/C17H21N3.2ClH/c1-2-5-17(20-12-10-18-11-13-20)16-9-8-14-6-3-4-7-15(14)19-16;;/h2-4,6-9,17-18H,1,5,10-13H2;2*1H/t17-;;/m0../s1. The first kappa shape index (κ1) is 18.9. The molecule has 1 saturated heterocycles. The van der Waals surface area contributed by atoms with Crippen LogP contribution in [0.25, 0.3) is 10.9 Å². The topological polar surface area (TPSA) is 28.2 Å².